The Morgan fingerprint density at radius 2 is 1.69 bits per heavy atom. The molecule has 7 nitrogen and oxygen atoms in total. The molecule has 0 heterocycles. The van der Waals surface area contributed by atoms with Gasteiger partial charge in [0.25, 0.3) is 11.8 Å². The standard InChI is InChI=1S/C22H24N2O5/c1-24(2)22(27)16-6-9-18(10-7-16)23-20(25)13-29-21(26)14-28-19-11-8-15-4-3-5-17(15)12-19/h6-12H,3-5,13-14H2,1-2H3,(H,23,25). The summed E-state index contributed by atoms with van der Waals surface area (Å²) in [5, 5.41) is 2.61. The molecule has 1 aliphatic carbocycles. The number of rotatable bonds is 7. The number of esters is 1. The number of carbonyl (C=O) groups excluding carboxylic acids is 3. The van der Waals surface area contributed by atoms with Crippen LogP contribution in [-0.2, 0) is 27.2 Å². The Kier molecular flexibility index (Phi) is 6.49. The first kappa shape index (κ1) is 20.4. The summed E-state index contributed by atoms with van der Waals surface area (Å²) in [6.45, 7) is -0.668. The van der Waals surface area contributed by atoms with E-state index in [1.54, 1.807) is 38.4 Å². The fraction of sp³-hybridized carbons (Fsp3) is 0.318. The van der Waals surface area contributed by atoms with Gasteiger partial charge in [0.1, 0.15) is 5.75 Å². The van der Waals surface area contributed by atoms with E-state index in [4.69, 9.17) is 9.47 Å². The fourth-order valence-electron chi connectivity index (χ4n) is 3.12. The highest BCUT2D eigenvalue weighted by molar-refractivity contribution is 5.96. The number of carbonyl (C=O) groups is 3. The van der Waals surface area contributed by atoms with E-state index in [2.05, 4.69) is 5.32 Å². The number of amides is 2. The van der Waals surface area contributed by atoms with Crippen LogP contribution in [0, 0.1) is 0 Å². The molecule has 7 heteroatoms. The molecule has 0 fully saturated rings. The average molecular weight is 396 g/mol. The van der Waals surface area contributed by atoms with Crippen LogP contribution in [0.15, 0.2) is 42.5 Å². The molecule has 0 bridgehead atoms. The average Bonchev–Trinajstić information content (AvgIpc) is 3.18. The number of hydrogen-bond donors (Lipinski definition) is 1. The molecule has 152 valence electrons. The lowest BCUT2D eigenvalue weighted by atomic mass is 10.1. The molecule has 2 aromatic rings. The third-order valence-corrected chi connectivity index (χ3v) is 4.61. The quantitative estimate of drug-likeness (QED) is 0.727. The van der Waals surface area contributed by atoms with Crippen LogP contribution in [-0.4, -0.2) is 50.0 Å². The van der Waals surface area contributed by atoms with Crippen LogP contribution in [0.3, 0.4) is 0 Å². The Bertz CT molecular complexity index is 906. The van der Waals surface area contributed by atoms with E-state index in [1.807, 2.05) is 18.2 Å². The van der Waals surface area contributed by atoms with E-state index in [9.17, 15) is 14.4 Å². The van der Waals surface area contributed by atoms with E-state index >= 15 is 0 Å². The largest absolute Gasteiger partial charge is 0.482 e. The van der Waals surface area contributed by atoms with Gasteiger partial charge in [-0.15, -0.1) is 0 Å². The van der Waals surface area contributed by atoms with Gasteiger partial charge >= 0.3 is 5.97 Å². The van der Waals surface area contributed by atoms with E-state index in [0.717, 1.165) is 19.3 Å². The molecular weight excluding hydrogens is 372 g/mol. The van der Waals surface area contributed by atoms with Crippen molar-refractivity contribution in [3.63, 3.8) is 0 Å². The van der Waals surface area contributed by atoms with Gasteiger partial charge in [-0.1, -0.05) is 6.07 Å². The topological polar surface area (TPSA) is 84.9 Å². The van der Waals surface area contributed by atoms with Gasteiger partial charge in [-0.2, -0.15) is 0 Å². The molecule has 0 atom stereocenters. The highest BCUT2D eigenvalue weighted by atomic mass is 16.6. The molecule has 3 rings (SSSR count). The highest BCUT2D eigenvalue weighted by Crippen LogP contribution is 2.25. The van der Waals surface area contributed by atoms with Crippen molar-refractivity contribution in [3.8, 4) is 5.75 Å². The second-order valence-electron chi connectivity index (χ2n) is 7.06. The first-order chi connectivity index (χ1) is 13.9. The number of aryl methyl sites for hydroxylation is 2. The maximum atomic E-state index is 11.9. The molecule has 0 aliphatic heterocycles. The van der Waals surface area contributed by atoms with E-state index in [0.29, 0.717) is 17.0 Å². The van der Waals surface area contributed by atoms with Gasteiger partial charge < -0.3 is 19.7 Å². The predicted octanol–water partition coefficient (Wildman–Crippen LogP) is 2.44. The first-order valence-electron chi connectivity index (χ1n) is 9.44. The van der Waals surface area contributed by atoms with Gasteiger partial charge in [0.2, 0.25) is 0 Å². The Morgan fingerprint density at radius 3 is 2.41 bits per heavy atom. The third-order valence-electron chi connectivity index (χ3n) is 4.61. The van der Waals surface area contributed by atoms with Gasteiger partial charge in [-0.3, -0.25) is 9.59 Å². The van der Waals surface area contributed by atoms with Gasteiger partial charge in [0.15, 0.2) is 13.2 Å². The Balaban J connectivity index is 1.41. The van der Waals surface area contributed by atoms with Crippen molar-refractivity contribution in [3.05, 3.63) is 59.2 Å². The van der Waals surface area contributed by atoms with Crippen LogP contribution in [0.4, 0.5) is 5.69 Å². The van der Waals surface area contributed by atoms with E-state index in [1.165, 1.54) is 16.0 Å². The lowest BCUT2D eigenvalue weighted by Gasteiger charge is -2.11. The molecule has 2 aromatic carbocycles. The van der Waals surface area contributed by atoms with Crippen LogP contribution in [0.25, 0.3) is 0 Å². The maximum Gasteiger partial charge on any atom is 0.344 e. The molecule has 0 saturated heterocycles. The molecule has 0 radical (unpaired) electrons. The summed E-state index contributed by atoms with van der Waals surface area (Å²) in [7, 11) is 3.33. The number of nitrogens with zero attached hydrogens (tertiary/aromatic N) is 1. The zero-order chi connectivity index (χ0) is 20.8. The summed E-state index contributed by atoms with van der Waals surface area (Å²) in [6.07, 6.45) is 3.26. The van der Waals surface area contributed by atoms with Crippen LogP contribution in [0.2, 0.25) is 0 Å². The fourth-order valence-corrected chi connectivity index (χ4v) is 3.12. The Morgan fingerprint density at radius 1 is 0.966 bits per heavy atom. The monoisotopic (exact) mass is 396 g/mol. The van der Waals surface area contributed by atoms with Crippen molar-refractivity contribution in [2.24, 2.45) is 0 Å². The van der Waals surface area contributed by atoms with Crippen LogP contribution in [0.5, 0.6) is 5.75 Å². The number of anilines is 1. The molecule has 29 heavy (non-hydrogen) atoms. The summed E-state index contributed by atoms with van der Waals surface area (Å²) in [5.74, 6) is -0.588. The minimum atomic E-state index is -0.618. The predicted molar refractivity (Wildman–Crippen MR) is 108 cm³/mol. The number of ether oxygens (including phenoxy) is 2. The van der Waals surface area contributed by atoms with Crippen LogP contribution < -0.4 is 10.1 Å². The number of benzene rings is 2. The van der Waals surface area contributed by atoms with Gasteiger partial charge in [0, 0.05) is 25.3 Å². The molecule has 0 spiro atoms. The number of hydrogen-bond acceptors (Lipinski definition) is 5. The molecule has 0 aromatic heterocycles. The third kappa shape index (κ3) is 5.57. The lowest BCUT2D eigenvalue weighted by molar-refractivity contribution is -0.149. The van der Waals surface area contributed by atoms with Crippen molar-refractivity contribution >= 4 is 23.5 Å². The molecular formula is C22H24N2O5. The summed E-state index contributed by atoms with van der Waals surface area (Å²) >= 11 is 0. The SMILES string of the molecule is CN(C)C(=O)c1ccc(NC(=O)COC(=O)COc2ccc3c(c2)CCC3)cc1. The van der Waals surface area contributed by atoms with Crippen molar-refractivity contribution in [2.75, 3.05) is 32.6 Å². The molecule has 2 amide bonds. The second-order valence-corrected chi connectivity index (χ2v) is 7.06. The van der Waals surface area contributed by atoms with Crippen molar-refractivity contribution in [1.29, 1.82) is 0 Å². The summed E-state index contributed by atoms with van der Waals surface area (Å²) in [5.41, 5.74) is 3.61. The minimum Gasteiger partial charge on any atom is -0.482 e. The van der Waals surface area contributed by atoms with Gasteiger partial charge in [0.05, 0.1) is 0 Å². The van der Waals surface area contributed by atoms with Crippen molar-refractivity contribution in [1.82, 2.24) is 4.90 Å². The minimum absolute atomic E-state index is 0.125. The van der Waals surface area contributed by atoms with E-state index in [-0.39, 0.29) is 12.5 Å². The van der Waals surface area contributed by atoms with Crippen molar-refractivity contribution < 1.29 is 23.9 Å². The summed E-state index contributed by atoms with van der Waals surface area (Å²) in [6, 6.07) is 12.3. The number of nitrogens with one attached hydrogen (secondary N) is 1. The smallest absolute Gasteiger partial charge is 0.344 e. The van der Waals surface area contributed by atoms with E-state index < -0.39 is 18.5 Å². The van der Waals surface area contributed by atoms with Crippen molar-refractivity contribution in [2.45, 2.75) is 19.3 Å². The molecule has 1 N–H and O–H groups in total. The maximum absolute atomic E-state index is 11.9. The molecule has 1 aliphatic rings. The summed E-state index contributed by atoms with van der Waals surface area (Å²) < 4.78 is 10.4. The van der Waals surface area contributed by atoms with Crippen LogP contribution >= 0.6 is 0 Å². The number of fused-ring (bicyclic) bond motifs is 1. The van der Waals surface area contributed by atoms with Gasteiger partial charge in [-0.25, -0.2) is 4.79 Å². The zero-order valence-electron chi connectivity index (χ0n) is 16.6. The van der Waals surface area contributed by atoms with Gasteiger partial charge in [-0.05, 0) is 66.8 Å². The lowest BCUT2D eigenvalue weighted by Crippen LogP contribution is -2.24. The molecule has 0 unspecified atom stereocenters. The normalized spacial score (nSPS) is 12.1. The summed E-state index contributed by atoms with van der Waals surface area (Å²) in [4.78, 5) is 37.1. The first-order valence-corrected chi connectivity index (χ1v) is 9.44. The Hall–Kier alpha value is -3.35. The van der Waals surface area contributed by atoms with Crippen LogP contribution in [0.1, 0.15) is 27.9 Å². The second kappa shape index (κ2) is 9.23. The molecule has 0 saturated carbocycles. The highest BCUT2D eigenvalue weighted by Gasteiger charge is 2.13. The zero-order valence-corrected chi connectivity index (χ0v) is 16.6. The Labute approximate surface area is 169 Å².